The molecule has 3 heterocycles. The minimum atomic E-state index is -0.862. The van der Waals surface area contributed by atoms with Crippen molar-refractivity contribution in [3.8, 4) is 17.6 Å². The minimum Gasteiger partial charge on any atom is -0.453 e. The van der Waals surface area contributed by atoms with E-state index in [1.165, 1.54) is 0 Å². The number of ether oxygens (including phenoxy) is 3. The lowest BCUT2D eigenvalue weighted by Gasteiger charge is -2.39. The average Bonchev–Trinajstić information content (AvgIpc) is 3.28. The third-order valence-corrected chi connectivity index (χ3v) is 6.88. The molecular weight excluding hydrogens is 494 g/mol. The number of rotatable bonds is 3. The monoisotopic (exact) mass is 522 g/mol. The van der Waals surface area contributed by atoms with Gasteiger partial charge in [0, 0.05) is 31.3 Å². The standard InChI is InChI=1S/C28H28F2N4O4/c1-27(2,3)38-26(35)34-10-8-28(9-11-34)13-17(16-36-28)24-15-32-22-7-4-18(12-23(22)33-24)37-25-19(14-31)20(29)5-6-21(25)30/h4-7,12,15,17H,8-11,13,16H2,1-3H3/t17-/m1/s1. The second-order valence-corrected chi connectivity index (χ2v) is 10.8. The third-order valence-electron chi connectivity index (χ3n) is 6.88. The largest absolute Gasteiger partial charge is 0.453 e. The van der Waals surface area contributed by atoms with Crippen LogP contribution in [0.3, 0.4) is 0 Å². The first-order chi connectivity index (χ1) is 18.1. The van der Waals surface area contributed by atoms with E-state index in [0.717, 1.165) is 24.2 Å². The number of nitriles is 1. The van der Waals surface area contributed by atoms with Crippen LogP contribution in [0.1, 0.15) is 57.2 Å². The van der Waals surface area contributed by atoms with Crippen LogP contribution >= 0.6 is 0 Å². The van der Waals surface area contributed by atoms with Gasteiger partial charge >= 0.3 is 6.09 Å². The predicted octanol–water partition coefficient (Wildman–Crippen LogP) is 5.85. The number of likely N-dealkylation sites (tertiary alicyclic amines) is 1. The van der Waals surface area contributed by atoms with Gasteiger partial charge in [0.1, 0.15) is 28.8 Å². The van der Waals surface area contributed by atoms with Crippen LogP contribution in [0.2, 0.25) is 0 Å². The summed E-state index contributed by atoms with van der Waals surface area (Å²) < 4.78 is 45.6. The molecule has 1 aromatic heterocycles. The van der Waals surface area contributed by atoms with Gasteiger partial charge in [0.15, 0.2) is 11.6 Å². The average molecular weight is 523 g/mol. The maximum absolute atomic E-state index is 14.3. The van der Waals surface area contributed by atoms with E-state index >= 15 is 0 Å². The van der Waals surface area contributed by atoms with Gasteiger partial charge in [-0.3, -0.25) is 4.98 Å². The highest BCUT2D eigenvalue weighted by Crippen LogP contribution is 2.42. The van der Waals surface area contributed by atoms with E-state index in [1.54, 1.807) is 35.4 Å². The van der Waals surface area contributed by atoms with Gasteiger partial charge in [0.25, 0.3) is 0 Å². The van der Waals surface area contributed by atoms with Gasteiger partial charge in [-0.2, -0.15) is 5.26 Å². The summed E-state index contributed by atoms with van der Waals surface area (Å²) in [6, 6.07) is 8.27. The molecule has 0 bridgehead atoms. The van der Waals surface area contributed by atoms with Crippen molar-refractivity contribution in [3.63, 3.8) is 0 Å². The van der Waals surface area contributed by atoms with Crippen molar-refractivity contribution < 1.29 is 27.8 Å². The fraction of sp³-hybridized carbons (Fsp3) is 0.429. The van der Waals surface area contributed by atoms with Crippen LogP contribution < -0.4 is 4.74 Å². The van der Waals surface area contributed by atoms with Crippen molar-refractivity contribution in [1.82, 2.24) is 14.9 Å². The zero-order chi connectivity index (χ0) is 27.1. The number of amides is 1. The number of hydrogen-bond donors (Lipinski definition) is 0. The lowest BCUT2D eigenvalue weighted by Crippen LogP contribution is -2.47. The van der Waals surface area contributed by atoms with Crippen molar-refractivity contribution in [2.24, 2.45) is 0 Å². The first kappa shape index (κ1) is 25.8. The highest BCUT2D eigenvalue weighted by Gasteiger charge is 2.44. The minimum absolute atomic E-state index is 0.0235. The summed E-state index contributed by atoms with van der Waals surface area (Å²) in [4.78, 5) is 23.4. The Morgan fingerprint density at radius 1 is 1.16 bits per heavy atom. The van der Waals surface area contributed by atoms with Gasteiger partial charge < -0.3 is 19.1 Å². The number of nitrogens with zero attached hydrogens (tertiary/aromatic N) is 4. The Morgan fingerprint density at radius 2 is 1.89 bits per heavy atom. The van der Waals surface area contributed by atoms with Crippen LogP contribution in [-0.2, 0) is 9.47 Å². The van der Waals surface area contributed by atoms with Crippen molar-refractivity contribution in [2.45, 2.75) is 57.2 Å². The van der Waals surface area contributed by atoms with Crippen LogP contribution in [-0.4, -0.2) is 51.9 Å². The fourth-order valence-corrected chi connectivity index (χ4v) is 4.93. The van der Waals surface area contributed by atoms with Crippen LogP contribution in [0.15, 0.2) is 36.5 Å². The summed E-state index contributed by atoms with van der Waals surface area (Å²) in [7, 11) is 0. The normalized spacial score (nSPS) is 18.9. The number of fused-ring (bicyclic) bond motifs is 1. The van der Waals surface area contributed by atoms with Crippen LogP contribution in [0.25, 0.3) is 11.0 Å². The summed E-state index contributed by atoms with van der Waals surface area (Å²) >= 11 is 0. The van der Waals surface area contributed by atoms with Gasteiger partial charge in [-0.25, -0.2) is 18.6 Å². The Bertz CT molecular complexity index is 1420. The molecule has 5 rings (SSSR count). The van der Waals surface area contributed by atoms with E-state index in [2.05, 4.69) is 4.98 Å². The zero-order valence-electron chi connectivity index (χ0n) is 21.5. The number of halogens is 2. The molecule has 1 spiro atoms. The van der Waals surface area contributed by atoms with Crippen molar-refractivity contribution >= 4 is 17.1 Å². The van der Waals surface area contributed by atoms with E-state index in [9.17, 15) is 18.8 Å². The smallest absolute Gasteiger partial charge is 0.410 e. The molecule has 2 fully saturated rings. The van der Waals surface area contributed by atoms with Gasteiger partial charge in [-0.1, -0.05) is 0 Å². The Balaban J connectivity index is 1.30. The van der Waals surface area contributed by atoms with E-state index in [1.807, 2.05) is 20.8 Å². The van der Waals surface area contributed by atoms with Gasteiger partial charge in [-0.15, -0.1) is 0 Å². The Morgan fingerprint density at radius 3 is 2.61 bits per heavy atom. The Hall–Kier alpha value is -3.84. The quantitative estimate of drug-likeness (QED) is 0.426. The highest BCUT2D eigenvalue weighted by atomic mass is 19.1. The maximum atomic E-state index is 14.3. The molecule has 10 heteroatoms. The number of carbonyl (C=O) groups excluding carboxylic acids is 1. The molecule has 38 heavy (non-hydrogen) atoms. The fourth-order valence-electron chi connectivity index (χ4n) is 4.93. The summed E-state index contributed by atoms with van der Waals surface area (Å²) in [6.07, 6.45) is 3.60. The Labute approximate surface area is 219 Å². The second kappa shape index (κ2) is 9.80. The van der Waals surface area contributed by atoms with E-state index in [-0.39, 0.29) is 23.4 Å². The van der Waals surface area contributed by atoms with Crippen molar-refractivity contribution in [1.29, 1.82) is 5.26 Å². The van der Waals surface area contributed by atoms with Gasteiger partial charge in [0.2, 0.25) is 0 Å². The SMILES string of the molecule is CC(C)(C)OC(=O)N1CCC2(CC1)C[C@@H](c1cnc3ccc(Oc4c(F)ccc(F)c4C#N)cc3n1)CO2. The Kier molecular flexibility index (Phi) is 6.65. The van der Waals surface area contributed by atoms with E-state index in [0.29, 0.717) is 43.6 Å². The summed E-state index contributed by atoms with van der Waals surface area (Å²) in [5.41, 5.74) is 0.529. The van der Waals surface area contributed by atoms with E-state index in [4.69, 9.17) is 19.2 Å². The lowest BCUT2D eigenvalue weighted by molar-refractivity contribution is -0.0485. The molecule has 0 unspecified atom stereocenters. The molecule has 8 nitrogen and oxygen atoms in total. The number of carbonyl (C=O) groups is 1. The highest BCUT2D eigenvalue weighted by molar-refractivity contribution is 5.76. The number of benzene rings is 2. The molecule has 0 N–H and O–H groups in total. The molecule has 2 aliphatic rings. The van der Waals surface area contributed by atoms with Crippen molar-refractivity contribution in [3.05, 3.63) is 59.4 Å². The maximum Gasteiger partial charge on any atom is 0.410 e. The van der Waals surface area contributed by atoms with Crippen LogP contribution in [0.4, 0.5) is 13.6 Å². The van der Waals surface area contributed by atoms with E-state index < -0.39 is 28.5 Å². The molecule has 2 aliphatic heterocycles. The molecule has 1 amide bonds. The molecular formula is C28H28F2N4O4. The molecule has 2 aromatic carbocycles. The molecule has 198 valence electrons. The van der Waals surface area contributed by atoms with Crippen molar-refractivity contribution in [2.75, 3.05) is 19.7 Å². The van der Waals surface area contributed by atoms with Gasteiger partial charge in [0.05, 0.1) is 28.9 Å². The molecule has 1 atom stereocenters. The second-order valence-electron chi connectivity index (χ2n) is 10.8. The van der Waals surface area contributed by atoms with Gasteiger partial charge in [-0.05, 0) is 64.3 Å². The third kappa shape index (κ3) is 5.24. The summed E-state index contributed by atoms with van der Waals surface area (Å²) in [5.74, 6) is -1.94. The first-order valence-corrected chi connectivity index (χ1v) is 12.5. The topological polar surface area (TPSA) is 97.6 Å². The number of piperidine rings is 1. The summed E-state index contributed by atoms with van der Waals surface area (Å²) in [6.45, 7) is 7.17. The lowest BCUT2D eigenvalue weighted by atomic mass is 9.84. The molecule has 0 radical (unpaired) electrons. The number of aromatic nitrogens is 2. The van der Waals surface area contributed by atoms with Crippen LogP contribution in [0, 0.1) is 23.0 Å². The van der Waals surface area contributed by atoms with Crippen LogP contribution in [0.5, 0.6) is 11.5 Å². The number of hydrogen-bond acceptors (Lipinski definition) is 7. The molecule has 0 aliphatic carbocycles. The molecule has 3 aromatic rings. The zero-order valence-corrected chi connectivity index (χ0v) is 21.5. The predicted molar refractivity (Wildman–Crippen MR) is 134 cm³/mol. The molecule has 2 saturated heterocycles. The first-order valence-electron chi connectivity index (χ1n) is 12.5. The molecule has 0 saturated carbocycles. The summed E-state index contributed by atoms with van der Waals surface area (Å²) in [5, 5.41) is 9.23.